The van der Waals surface area contributed by atoms with Gasteiger partial charge in [-0.15, -0.1) is 0 Å². The van der Waals surface area contributed by atoms with Crippen molar-refractivity contribution in [2.24, 2.45) is 0 Å². The summed E-state index contributed by atoms with van der Waals surface area (Å²) in [6.07, 6.45) is 0. The molecule has 1 nitrogen and oxygen atoms in total. The topological polar surface area (TPSA) is 13.1 Å². The summed E-state index contributed by atoms with van der Waals surface area (Å²) in [4.78, 5) is 0. The molecule has 0 aliphatic carbocycles. The van der Waals surface area contributed by atoms with Gasteiger partial charge in [0, 0.05) is 10.9 Å². The van der Waals surface area contributed by atoms with Crippen molar-refractivity contribution < 1.29 is 4.42 Å². The van der Waals surface area contributed by atoms with E-state index in [4.69, 9.17) is 4.42 Å². The van der Waals surface area contributed by atoms with Gasteiger partial charge in [-0.05, 0) is 50.5 Å². The Bertz CT molecular complexity index is 745. The molecule has 0 aliphatic heterocycles. The van der Waals surface area contributed by atoms with E-state index in [0.717, 1.165) is 16.9 Å². The summed E-state index contributed by atoms with van der Waals surface area (Å²) in [6.45, 7) is 8.50. The van der Waals surface area contributed by atoms with Crippen molar-refractivity contribution in [3.63, 3.8) is 0 Å². The Morgan fingerprint density at radius 2 is 1.47 bits per heavy atom. The Balaban J connectivity index is 2.24. The van der Waals surface area contributed by atoms with E-state index in [2.05, 4.69) is 64.1 Å². The average molecular weight is 250 g/mol. The standard InChI is InChI=1S/C18H18O/c1-11-5-7-15(8-6-11)17-10-16-13(3)9-12(2)14(4)18(16)19-17/h5-10H,1-4H3. The molecule has 0 unspecified atom stereocenters. The first kappa shape index (κ1) is 12.0. The molecule has 0 amide bonds. The molecule has 0 fully saturated rings. The lowest BCUT2D eigenvalue weighted by atomic mass is 10.0. The highest BCUT2D eigenvalue weighted by molar-refractivity contribution is 5.88. The molecule has 0 radical (unpaired) electrons. The molecular weight excluding hydrogens is 232 g/mol. The summed E-state index contributed by atoms with van der Waals surface area (Å²) in [5.41, 5.74) is 7.23. The molecule has 0 N–H and O–H groups in total. The fourth-order valence-electron chi connectivity index (χ4n) is 2.51. The minimum atomic E-state index is 0.951. The summed E-state index contributed by atoms with van der Waals surface area (Å²) < 4.78 is 6.09. The van der Waals surface area contributed by atoms with Crippen molar-refractivity contribution in [2.75, 3.05) is 0 Å². The van der Waals surface area contributed by atoms with E-state index in [1.165, 1.54) is 27.6 Å². The van der Waals surface area contributed by atoms with E-state index in [9.17, 15) is 0 Å². The number of hydrogen-bond acceptors (Lipinski definition) is 1. The lowest BCUT2D eigenvalue weighted by Gasteiger charge is -2.02. The Hall–Kier alpha value is -2.02. The molecule has 0 aliphatic rings. The number of aryl methyl sites for hydroxylation is 4. The van der Waals surface area contributed by atoms with E-state index in [1.807, 2.05) is 0 Å². The van der Waals surface area contributed by atoms with E-state index < -0.39 is 0 Å². The second-order valence-electron chi connectivity index (χ2n) is 5.35. The van der Waals surface area contributed by atoms with E-state index >= 15 is 0 Å². The van der Waals surface area contributed by atoms with Gasteiger partial charge < -0.3 is 4.42 Å². The van der Waals surface area contributed by atoms with E-state index in [0.29, 0.717) is 0 Å². The zero-order chi connectivity index (χ0) is 13.6. The van der Waals surface area contributed by atoms with Crippen LogP contribution in [-0.4, -0.2) is 0 Å². The highest BCUT2D eigenvalue weighted by Crippen LogP contribution is 2.33. The van der Waals surface area contributed by atoms with Crippen molar-refractivity contribution in [3.8, 4) is 11.3 Å². The quantitative estimate of drug-likeness (QED) is 0.568. The predicted octanol–water partition coefficient (Wildman–Crippen LogP) is 5.33. The molecule has 0 bridgehead atoms. The van der Waals surface area contributed by atoms with Gasteiger partial charge in [0.2, 0.25) is 0 Å². The average Bonchev–Trinajstić information content (AvgIpc) is 2.83. The number of furan rings is 1. The van der Waals surface area contributed by atoms with Crippen LogP contribution in [-0.2, 0) is 0 Å². The molecule has 2 aromatic carbocycles. The molecule has 0 saturated heterocycles. The van der Waals surface area contributed by atoms with Gasteiger partial charge >= 0.3 is 0 Å². The molecule has 1 heterocycles. The molecule has 19 heavy (non-hydrogen) atoms. The monoisotopic (exact) mass is 250 g/mol. The first-order valence-electron chi connectivity index (χ1n) is 6.63. The highest BCUT2D eigenvalue weighted by atomic mass is 16.3. The summed E-state index contributed by atoms with van der Waals surface area (Å²) in [5, 5.41) is 1.22. The lowest BCUT2D eigenvalue weighted by molar-refractivity contribution is 0.628. The largest absolute Gasteiger partial charge is 0.456 e. The van der Waals surface area contributed by atoms with Crippen molar-refractivity contribution in [3.05, 3.63) is 58.7 Å². The fraction of sp³-hybridized carbons (Fsp3) is 0.222. The summed E-state index contributed by atoms with van der Waals surface area (Å²) >= 11 is 0. The lowest BCUT2D eigenvalue weighted by Crippen LogP contribution is -1.83. The first-order valence-corrected chi connectivity index (χ1v) is 6.63. The van der Waals surface area contributed by atoms with Crippen LogP contribution in [0.5, 0.6) is 0 Å². The van der Waals surface area contributed by atoms with Crippen LogP contribution in [0.2, 0.25) is 0 Å². The summed E-state index contributed by atoms with van der Waals surface area (Å²) in [5.74, 6) is 0.951. The Morgan fingerprint density at radius 3 is 2.16 bits per heavy atom. The van der Waals surface area contributed by atoms with E-state index in [-0.39, 0.29) is 0 Å². The van der Waals surface area contributed by atoms with Gasteiger partial charge in [-0.25, -0.2) is 0 Å². The highest BCUT2D eigenvalue weighted by Gasteiger charge is 2.11. The Kier molecular flexibility index (Phi) is 2.70. The van der Waals surface area contributed by atoms with Crippen molar-refractivity contribution in [1.82, 2.24) is 0 Å². The van der Waals surface area contributed by atoms with Gasteiger partial charge in [-0.1, -0.05) is 35.9 Å². The third kappa shape index (κ3) is 1.95. The molecule has 3 rings (SSSR count). The maximum atomic E-state index is 6.09. The SMILES string of the molecule is Cc1ccc(-c2cc3c(C)cc(C)c(C)c3o2)cc1. The molecule has 0 spiro atoms. The summed E-state index contributed by atoms with van der Waals surface area (Å²) in [6, 6.07) is 12.9. The van der Waals surface area contributed by atoms with Crippen LogP contribution in [0.4, 0.5) is 0 Å². The Labute approximate surface area is 113 Å². The zero-order valence-electron chi connectivity index (χ0n) is 11.9. The minimum Gasteiger partial charge on any atom is -0.456 e. The second-order valence-corrected chi connectivity index (χ2v) is 5.35. The van der Waals surface area contributed by atoms with Crippen molar-refractivity contribution >= 4 is 11.0 Å². The van der Waals surface area contributed by atoms with Crippen LogP contribution in [0.1, 0.15) is 22.3 Å². The molecule has 96 valence electrons. The van der Waals surface area contributed by atoms with Gasteiger partial charge in [-0.2, -0.15) is 0 Å². The first-order chi connectivity index (χ1) is 9.06. The third-order valence-corrected chi connectivity index (χ3v) is 3.86. The maximum Gasteiger partial charge on any atom is 0.138 e. The molecule has 0 atom stereocenters. The summed E-state index contributed by atoms with van der Waals surface area (Å²) in [7, 11) is 0. The number of hydrogen-bond donors (Lipinski definition) is 0. The van der Waals surface area contributed by atoms with Gasteiger partial charge in [0.25, 0.3) is 0 Å². The van der Waals surface area contributed by atoms with Gasteiger partial charge in [0.15, 0.2) is 0 Å². The van der Waals surface area contributed by atoms with Gasteiger partial charge in [0.05, 0.1) is 0 Å². The second kappa shape index (κ2) is 4.27. The normalized spacial score (nSPS) is 11.2. The maximum absolute atomic E-state index is 6.09. The fourth-order valence-corrected chi connectivity index (χ4v) is 2.51. The van der Waals surface area contributed by atoms with Crippen molar-refractivity contribution in [1.29, 1.82) is 0 Å². The molecule has 1 heteroatoms. The molecule has 3 aromatic rings. The third-order valence-electron chi connectivity index (χ3n) is 3.86. The number of rotatable bonds is 1. The van der Waals surface area contributed by atoms with Crippen LogP contribution in [0, 0.1) is 27.7 Å². The van der Waals surface area contributed by atoms with Crippen LogP contribution in [0.3, 0.4) is 0 Å². The van der Waals surface area contributed by atoms with Crippen LogP contribution < -0.4 is 0 Å². The van der Waals surface area contributed by atoms with Crippen LogP contribution >= 0.6 is 0 Å². The minimum absolute atomic E-state index is 0.951. The van der Waals surface area contributed by atoms with Crippen LogP contribution in [0.25, 0.3) is 22.3 Å². The van der Waals surface area contributed by atoms with Gasteiger partial charge in [-0.3, -0.25) is 0 Å². The van der Waals surface area contributed by atoms with E-state index in [1.54, 1.807) is 0 Å². The number of fused-ring (bicyclic) bond motifs is 1. The zero-order valence-corrected chi connectivity index (χ0v) is 11.9. The number of benzene rings is 2. The molecule has 1 aromatic heterocycles. The smallest absolute Gasteiger partial charge is 0.138 e. The van der Waals surface area contributed by atoms with Crippen molar-refractivity contribution in [2.45, 2.75) is 27.7 Å². The molecule has 0 saturated carbocycles. The Morgan fingerprint density at radius 1 is 0.789 bits per heavy atom. The van der Waals surface area contributed by atoms with Crippen LogP contribution in [0.15, 0.2) is 40.8 Å². The molecular formula is C18H18O. The predicted molar refractivity (Wildman–Crippen MR) is 80.6 cm³/mol. The van der Waals surface area contributed by atoms with Gasteiger partial charge in [0.1, 0.15) is 11.3 Å².